The van der Waals surface area contributed by atoms with Crippen molar-refractivity contribution in [3.8, 4) is 0 Å². The minimum Gasteiger partial charge on any atom is -0.322 e. The summed E-state index contributed by atoms with van der Waals surface area (Å²) in [6, 6.07) is 15.0. The SMILES string of the molecule is CC(C)CCN1C(=O)CCc2cc(NC(=O)c3ccccc3)ccc21. The fourth-order valence-electron chi connectivity index (χ4n) is 3.06. The van der Waals surface area contributed by atoms with Gasteiger partial charge in [0.2, 0.25) is 5.91 Å². The molecule has 1 N–H and O–H groups in total. The van der Waals surface area contributed by atoms with Gasteiger partial charge in [0.05, 0.1) is 0 Å². The van der Waals surface area contributed by atoms with Gasteiger partial charge < -0.3 is 10.2 Å². The lowest BCUT2D eigenvalue weighted by atomic mass is 9.99. The zero-order valence-corrected chi connectivity index (χ0v) is 14.8. The van der Waals surface area contributed by atoms with Crippen molar-refractivity contribution in [2.75, 3.05) is 16.8 Å². The van der Waals surface area contributed by atoms with Crippen molar-refractivity contribution in [3.05, 3.63) is 59.7 Å². The van der Waals surface area contributed by atoms with E-state index >= 15 is 0 Å². The molecule has 0 atom stereocenters. The van der Waals surface area contributed by atoms with E-state index in [0.29, 0.717) is 17.9 Å². The molecule has 1 aliphatic heterocycles. The second-order valence-electron chi connectivity index (χ2n) is 6.89. The molecular weight excluding hydrogens is 312 g/mol. The van der Waals surface area contributed by atoms with Gasteiger partial charge in [0, 0.05) is 29.9 Å². The third-order valence-electron chi connectivity index (χ3n) is 4.50. The van der Waals surface area contributed by atoms with Gasteiger partial charge >= 0.3 is 0 Å². The van der Waals surface area contributed by atoms with Crippen LogP contribution in [0.2, 0.25) is 0 Å². The number of aryl methyl sites for hydroxylation is 1. The second-order valence-corrected chi connectivity index (χ2v) is 6.89. The number of hydrogen-bond donors (Lipinski definition) is 1. The Hall–Kier alpha value is -2.62. The Bertz CT molecular complexity index is 769. The highest BCUT2D eigenvalue weighted by Gasteiger charge is 2.24. The van der Waals surface area contributed by atoms with Crippen LogP contribution in [0.3, 0.4) is 0 Å². The summed E-state index contributed by atoms with van der Waals surface area (Å²) in [6.07, 6.45) is 2.24. The van der Waals surface area contributed by atoms with Crippen LogP contribution in [0.5, 0.6) is 0 Å². The van der Waals surface area contributed by atoms with Gasteiger partial charge in [0.15, 0.2) is 0 Å². The van der Waals surface area contributed by atoms with Crippen molar-refractivity contribution in [2.24, 2.45) is 5.92 Å². The molecule has 2 amide bonds. The molecule has 0 fully saturated rings. The van der Waals surface area contributed by atoms with E-state index in [4.69, 9.17) is 0 Å². The number of carbonyl (C=O) groups is 2. The van der Waals surface area contributed by atoms with Crippen molar-refractivity contribution in [2.45, 2.75) is 33.1 Å². The van der Waals surface area contributed by atoms with Crippen LogP contribution < -0.4 is 10.2 Å². The number of benzene rings is 2. The van der Waals surface area contributed by atoms with Crippen LogP contribution in [-0.2, 0) is 11.2 Å². The molecule has 2 aromatic rings. The fourth-order valence-corrected chi connectivity index (χ4v) is 3.06. The molecule has 0 saturated carbocycles. The first-order valence-electron chi connectivity index (χ1n) is 8.84. The van der Waals surface area contributed by atoms with Gasteiger partial charge in [0.1, 0.15) is 0 Å². The van der Waals surface area contributed by atoms with Crippen molar-refractivity contribution in [1.29, 1.82) is 0 Å². The maximum atomic E-state index is 12.3. The van der Waals surface area contributed by atoms with Crippen LogP contribution >= 0.6 is 0 Å². The summed E-state index contributed by atoms with van der Waals surface area (Å²) in [6.45, 7) is 5.08. The Morgan fingerprint density at radius 3 is 2.60 bits per heavy atom. The Morgan fingerprint density at radius 1 is 1.12 bits per heavy atom. The summed E-state index contributed by atoms with van der Waals surface area (Å²) in [4.78, 5) is 26.5. The van der Waals surface area contributed by atoms with E-state index in [1.807, 2.05) is 41.3 Å². The monoisotopic (exact) mass is 336 g/mol. The molecule has 4 nitrogen and oxygen atoms in total. The first-order valence-corrected chi connectivity index (χ1v) is 8.84. The fraction of sp³-hybridized carbons (Fsp3) is 0.333. The molecule has 0 unspecified atom stereocenters. The van der Waals surface area contributed by atoms with Gasteiger partial charge in [0.25, 0.3) is 5.91 Å². The van der Waals surface area contributed by atoms with Crippen LogP contribution in [-0.4, -0.2) is 18.4 Å². The highest BCUT2D eigenvalue weighted by Crippen LogP contribution is 2.31. The standard InChI is InChI=1S/C21H24N2O2/c1-15(2)12-13-23-19-10-9-18(14-17(19)8-11-20(23)24)22-21(25)16-6-4-3-5-7-16/h3-7,9-10,14-15H,8,11-13H2,1-2H3,(H,22,25). The number of fused-ring (bicyclic) bond motifs is 1. The molecule has 130 valence electrons. The van der Waals surface area contributed by atoms with Crippen molar-refractivity contribution < 1.29 is 9.59 Å². The van der Waals surface area contributed by atoms with Gasteiger partial charge in [-0.1, -0.05) is 32.0 Å². The van der Waals surface area contributed by atoms with Crippen LogP contribution in [0.25, 0.3) is 0 Å². The van der Waals surface area contributed by atoms with E-state index in [-0.39, 0.29) is 11.8 Å². The third-order valence-corrected chi connectivity index (χ3v) is 4.50. The third kappa shape index (κ3) is 4.08. The smallest absolute Gasteiger partial charge is 0.255 e. The summed E-state index contributed by atoms with van der Waals surface area (Å²) < 4.78 is 0. The average Bonchev–Trinajstić information content (AvgIpc) is 2.61. The van der Waals surface area contributed by atoms with E-state index in [1.54, 1.807) is 12.1 Å². The first kappa shape index (κ1) is 17.2. The maximum Gasteiger partial charge on any atom is 0.255 e. The van der Waals surface area contributed by atoms with Crippen LogP contribution in [0.4, 0.5) is 11.4 Å². The molecule has 0 radical (unpaired) electrons. The Morgan fingerprint density at radius 2 is 1.88 bits per heavy atom. The molecule has 2 aromatic carbocycles. The van der Waals surface area contributed by atoms with Crippen molar-refractivity contribution >= 4 is 23.2 Å². The molecule has 0 saturated heterocycles. The van der Waals surface area contributed by atoms with Gasteiger partial charge in [-0.15, -0.1) is 0 Å². The highest BCUT2D eigenvalue weighted by molar-refractivity contribution is 6.04. The highest BCUT2D eigenvalue weighted by atomic mass is 16.2. The Kier molecular flexibility index (Phi) is 5.17. The van der Waals surface area contributed by atoms with Crippen LogP contribution in [0.15, 0.2) is 48.5 Å². The number of nitrogens with one attached hydrogen (secondary N) is 1. The molecule has 4 heteroatoms. The lowest BCUT2D eigenvalue weighted by molar-refractivity contribution is -0.118. The largest absolute Gasteiger partial charge is 0.322 e. The number of anilines is 2. The lowest BCUT2D eigenvalue weighted by Gasteiger charge is -2.30. The van der Waals surface area contributed by atoms with Crippen molar-refractivity contribution in [3.63, 3.8) is 0 Å². The van der Waals surface area contributed by atoms with Gasteiger partial charge in [-0.05, 0) is 54.7 Å². The maximum absolute atomic E-state index is 12.3. The molecule has 1 aliphatic rings. The van der Waals surface area contributed by atoms with E-state index in [1.165, 1.54) is 0 Å². The molecular formula is C21H24N2O2. The van der Waals surface area contributed by atoms with E-state index in [9.17, 15) is 9.59 Å². The summed E-state index contributed by atoms with van der Waals surface area (Å²) in [5, 5.41) is 2.94. The summed E-state index contributed by atoms with van der Waals surface area (Å²) in [5.74, 6) is 0.626. The van der Waals surface area contributed by atoms with Crippen LogP contribution in [0, 0.1) is 5.92 Å². The average molecular weight is 336 g/mol. The minimum atomic E-state index is -0.121. The van der Waals surface area contributed by atoms with Crippen molar-refractivity contribution in [1.82, 2.24) is 0 Å². The Labute approximate surface area is 148 Å². The molecule has 0 spiro atoms. The topological polar surface area (TPSA) is 49.4 Å². The molecule has 0 bridgehead atoms. The second kappa shape index (κ2) is 7.51. The molecule has 1 heterocycles. The van der Waals surface area contributed by atoms with E-state index < -0.39 is 0 Å². The van der Waals surface area contributed by atoms with Gasteiger partial charge in [-0.3, -0.25) is 9.59 Å². The number of amides is 2. The predicted molar refractivity (Wildman–Crippen MR) is 101 cm³/mol. The number of nitrogens with zero attached hydrogens (tertiary/aromatic N) is 1. The van der Waals surface area contributed by atoms with Crippen LogP contribution in [0.1, 0.15) is 42.6 Å². The summed E-state index contributed by atoms with van der Waals surface area (Å²) in [5.41, 5.74) is 3.50. The van der Waals surface area contributed by atoms with Gasteiger partial charge in [-0.25, -0.2) is 0 Å². The minimum absolute atomic E-state index is 0.121. The predicted octanol–water partition coefficient (Wildman–Crippen LogP) is 4.26. The quantitative estimate of drug-likeness (QED) is 0.887. The number of rotatable bonds is 5. The van der Waals surface area contributed by atoms with Gasteiger partial charge in [-0.2, -0.15) is 0 Å². The molecule has 25 heavy (non-hydrogen) atoms. The first-order chi connectivity index (χ1) is 12.0. The zero-order chi connectivity index (χ0) is 17.8. The molecule has 0 aromatic heterocycles. The summed E-state index contributed by atoms with van der Waals surface area (Å²) >= 11 is 0. The normalized spacial score (nSPS) is 13.7. The zero-order valence-electron chi connectivity index (χ0n) is 14.8. The van der Waals surface area contributed by atoms with E-state index in [2.05, 4.69) is 19.2 Å². The lowest BCUT2D eigenvalue weighted by Crippen LogP contribution is -2.36. The summed E-state index contributed by atoms with van der Waals surface area (Å²) in [7, 11) is 0. The van der Waals surface area contributed by atoms with E-state index in [0.717, 1.165) is 36.3 Å². The molecule has 3 rings (SSSR count). The number of carbonyl (C=O) groups excluding carboxylic acids is 2. The number of hydrogen-bond acceptors (Lipinski definition) is 2. The Balaban J connectivity index is 1.77. The molecule has 0 aliphatic carbocycles.